The SMILES string of the molecule is CCN(CCO)CCCC(C)Nc1nc(-c2c(F)cccc2F)nc2c(Cl)cnn12. The minimum atomic E-state index is -0.752. The highest BCUT2D eigenvalue weighted by molar-refractivity contribution is 6.33. The Morgan fingerprint density at radius 2 is 1.97 bits per heavy atom. The molecule has 0 saturated carbocycles. The quantitative estimate of drug-likeness (QED) is 0.503. The van der Waals surface area contributed by atoms with Crippen LogP contribution >= 0.6 is 11.6 Å². The van der Waals surface area contributed by atoms with Gasteiger partial charge in [0, 0.05) is 12.6 Å². The number of benzene rings is 1. The van der Waals surface area contributed by atoms with Crippen molar-refractivity contribution in [2.24, 2.45) is 0 Å². The summed E-state index contributed by atoms with van der Waals surface area (Å²) in [5.74, 6) is -1.30. The summed E-state index contributed by atoms with van der Waals surface area (Å²) in [4.78, 5) is 10.7. The molecule has 1 aromatic carbocycles. The number of hydrogen-bond donors (Lipinski definition) is 2. The number of halogens is 3. The Kier molecular flexibility index (Phi) is 7.52. The van der Waals surface area contributed by atoms with Crippen molar-refractivity contribution < 1.29 is 13.9 Å². The van der Waals surface area contributed by atoms with Crippen molar-refractivity contribution in [1.29, 1.82) is 0 Å². The average Bonchev–Trinajstić information content (AvgIpc) is 3.08. The third-order valence-corrected chi connectivity index (χ3v) is 5.13. The van der Waals surface area contributed by atoms with E-state index in [1.165, 1.54) is 16.8 Å². The van der Waals surface area contributed by atoms with Crippen LogP contribution in [0.5, 0.6) is 0 Å². The lowest BCUT2D eigenvalue weighted by atomic mass is 10.1. The molecule has 2 heterocycles. The molecule has 10 heteroatoms. The highest BCUT2D eigenvalue weighted by Gasteiger charge is 2.19. The predicted octanol–water partition coefficient (Wildman–Crippen LogP) is 3.62. The molecule has 2 N–H and O–H groups in total. The topological polar surface area (TPSA) is 78.6 Å². The molecule has 0 amide bonds. The van der Waals surface area contributed by atoms with Crippen LogP contribution in [-0.2, 0) is 0 Å². The molecule has 7 nitrogen and oxygen atoms in total. The summed E-state index contributed by atoms with van der Waals surface area (Å²) in [6, 6.07) is 3.62. The number of aliphatic hydroxyl groups excluding tert-OH is 1. The van der Waals surface area contributed by atoms with Gasteiger partial charge in [0.15, 0.2) is 11.5 Å². The zero-order chi connectivity index (χ0) is 21.7. The Balaban J connectivity index is 1.83. The lowest BCUT2D eigenvalue weighted by Crippen LogP contribution is -2.29. The van der Waals surface area contributed by atoms with Gasteiger partial charge in [-0.2, -0.15) is 14.6 Å². The van der Waals surface area contributed by atoms with Gasteiger partial charge < -0.3 is 15.3 Å². The maximum absolute atomic E-state index is 14.3. The molecule has 3 rings (SSSR count). The minimum absolute atomic E-state index is 0.0113. The Hall–Kier alpha value is -2.36. The number of likely N-dealkylation sites (N-methyl/N-ethyl adjacent to an activating group) is 1. The highest BCUT2D eigenvalue weighted by Crippen LogP contribution is 2.27. The van der Waals surface area contributed by atoms with Gasteiger partial charge in [0.05, 0.1) is 18.4 Å². The average molecular weight is 439 g/mol. The second-order valence-corrected chi connectivity index (χ2v) is 7.45. The van der Waals surface area contributed by atoms with Crippen molar-refractivity contribution in [1.82, 2.24) is 24.5 Å². The summed E-state index contributed by atoms with van der Waals surface area (Å²) in [5, 5.41) is 16.8. The zero-order valence-electron chi connectivity index (χ0n) is 16.9. The van der Waals surface area contributed by atoms with Gasteiger partial charge in [-0.05, 0) is 45.0 Å². The van der Waals surface area contributed by atoms with Crippen molar-refractivity contribution in [3.8, 4) is 11.4 Å². The standard InChI is InChI=1S/C20H25ClF2N6O/c1-3-28(10-11-30)9-5-6-13(2)25-20-27-18(17-15(22)7-4-8-16(17)23)26-19-14(21)12-24-29(19)20/h4,7-8,12-13,30H,3,5-6,9-11H2,1-2H3,(H,25,26,27). The molecule has 0 aliphatic carbocycles. The van der Waals surface area contributed by atoms with Gasteiger partial charge in [0.25, 0.3) is 0 Å². The molecule has 0 aliphatic heterocycles. The van der Waals surface area contributed by atoms with Gasteiger partial charge in [0.1, 0.15) is 16.7 Å². The molecule has 1 atom stereocenters. The van der Waals surface area contributed by atoms with E-state index in [0.717, 1.165) is 38.1 Å². The van der Waals surface area contributed by atoms with Crippen LogP contribution in [-0.4, -0.2) is 61.9 Å². The lowest BCUT2D eigenvalue weighted by Gasteiger charge is -2.21. The maximum Gasteiger partial charge on any atom is 0.228 e. The van der Waals surface area contributed by atoms with E-state index in [1.807, 2.05) is 6.92 Å². The fourth-order valence-corrected chi connectivity index (χ4v) is 3.42. The smallest absolute Gasteiger partial charge is 0.228 e. The van der Waals surface area contributed by atoms with Gasteiger partial charge >= 0.3 is 0 Å². The molecule has 0 aliphatic rings. The van der Waals surface area contributed by atoms with Crippen molar-refractivity contribution in [3.63, 3.8) is 0 Å². The second-order valence-electron chi connectivity index (χ2n) is 7.04. The fraction of sp³-hybridized carbons (Fsp3) is 0.450. The molecule has 0 spiro atoms. The van der Waals surface area contributed by atoms with Gasteiger partial charge in [-0.3, -0.25) is 0 Å². The van der Waals surface area contributed by atoms with E-state index in [4.69, 9.17) is 16.7 Å². The summed E-state index contributed by atoms with van der Waals surface area (Å²) in [6.07, 6.45) is 3.15. The van der Waals surface area contributed by atoms with Crippen molar-refractivity contribution in [3.05, 3.63) is 41.1 Å². The van der Waals surface area contributed by atoms with Crippen LogP contribution in [0.3, 0.4) is 0 Å². The van der Waals surface area contributed by atoms with Crippen LogP contribution in [0.4, 0.5) is 14.7 Å². The Morgan fingerprint density at radius 1 is 1.23 bits per heavy atom. The number of fused-ring (bicyclic) bond motifs is 1. The second kappa shape index (κ2) is 10.1. The van der Waals surface area contributed by atoms with Crippen molar-refractivity contribution in [2.75, 3.05) is 31.6 Å². The number of aromatic nitrogens is 4. The molecule has 0 radical (unpaired) electrons. The Morgan fingerprint density at radius 3 is 2.63 bits per heavy atom. The minimum Gasteiger partial charge on any atom is -0.395 e. The van der Waals surface area contributed by atoms with Gasteiger partial charge in [0.2, 0.25) is 5.95 Å². The number of nitrogens with one attached hydrogen (secondary N) is 1. The number of rotatable bonds is 10. The van der Waals surface area contributed by atoms with E-state index >= 15 is 0 Å². The molecule has 2 aromatic heterocycles. The number of nitrogens with zero attached hydrogens (tertiary/aromatic N) is 5. The summed E-state index contributed by atoms with van der Waals surface area (Å²) < 4.78 is 30.0. The summed E-state index contributed by atoms with van der Waals surface area (Å²) in [6.45, 7) is 6.56. The van der Waals surface area contributed by atoms with Crippen LogP contribution < -0.4 is 5.32 Å². The monoisotopic (exact) mass is 438 g/mol. The summed E-state index contributed by atoms with van der Waals surface area (Å²) in [7, 11) is 0. The van der Waals surface area contributed by atoms with Crippen molar-refractivity contribution in [2.45, 2.75) is 32.7 Å². The first-order valence-electron chi connectivity index (χ1n) is 9.90. The highest BCUT2D eigenvalue weighted by atomic mass is 35.5. The molecule has 1 unspecified atom stereocenters. The van der Waals surface area contributed by atoms with E-state index in [0.29, 0.717) is 12.5 Å². The fourth-order valence-electron chi connectivity index (χ4n) is 3.25. The molecule has 162 valence electrons. The first kappa shape index (κ1) is 22.3. The maximum atomic E-state index is 14.3. The van der Waals surface area contributed by atoms with Gasteiger partial charge in [-0.15, -0.1) is 0 Å². The normalized spacial score (nSPS) is 12.6. The molecular weight excluding hydrogens is 414 g/mol. The van der Waals surface area contributed by atoms with E-state index in [2.05, 4.69) is 32.2 Å². The van der Waals surface area contributed by atoms with Crippen molar-refractivity contribution >= 4 is 23.2 Å². The largest absolute Gasteiger partial charge is 0.395 e. The third-order valence-electron chi connectivity index (χ3n) is 4.86. The van der Waals surface area contributed by atoms with Crippen LogP contribution in [0.15, 0.2) is 24.4 Å². The predicted molar refractivity (Wildman–Crippen MR) is 113 cm³/mol. The van der Waals surface area contributed by atoms with Gasteiger partial charge in [-0.1, -0.05) is 24.6 Å². The lowest BCUT2D eigenvalue weighted by molar-refractivity contribution is 0.199. The van der Waals surface area contributed by atoms with E-state index in [1.54, 1.807) is 0 Å². The molecule has 0 fully saturated rings. The molecule has 30 heavy (non-hydrogen) atoms. The molecule has 3 aromatic rings. The third kappa shape index (κ3) is 5.03. The molecule has 0 saturated heterocycles. The number of anilines is 1. The van der Waals surface area contributed by atoms with Crippen LogP contribution in [0, 0.1) is 11.6 Å². The Bertz CT molecular complexity index is 979. The van der Waals surface area contributed by atoms with E-state index in [-0.39, 0.29) is 34.7 Å². The Labute approximate surface area is 178 Å². The molecule has 0 bridgehead atoms. The van der Waals surface area contributed by atoms with E-state index in [9.17, 15) is 8.78 Å². The number of aliphatic hydroxyl groups is 1. The first-order valence-corrected chi connectivity index (χ1v) is 10.3. The summed E-state index contributed by atoms with van der Waals surface area (Å²) in [5.41, 5.74) is -0.0466. The molecular formula is C20H25ClF2N6O. The van der Waals surface area contributed by atoms with Crippen LogP contribution in [0.25, 0.3) is 17.0 Å². The van der Waals surface area contributed by atoms with Crippen LogP contribution in [0.1, 0.15) is 26.7 Å². The van der Waals surface area contributed by atoms with Gasteiger partial charge in [-0.25, -0.2) is 13.8 Å². The first-order chi connectivity index (χ1) is 14.4. The zero-order valence-corrected chi connectivity index (χ0v) is 17.7. The summed E-state index contributed by atoms with van der Waals surface area (Å²) >= 11 is 6.17. The van der Waals surface area contributed by atoms with E-state index < -0.39 is 11.6 Å². The number of hydrogen-bond acceptors (Lipinski definition) is 6. The van der Waals surface area contributed by atoms with Crippen LogP contribution in [0.2, 0.25) is 5.02 Å².